The van der Waals surface area contributed by atoms with Crippen molar-refractivity contribution in [2.75, 3.05) is 6.54 Å². The summed E-state index contributed by atoms with van der Waals surface area (Å²) in [6, 6.07) is 1.21. The normalized spacial score (nSPS) is 34.5. The fraction of sp³-hybridized carbons (Fsp3) is 0.917. The summed E-state index contributed by atoms with van der Waals surface area (Å²) in [6.45, 7) is 3.18. The number of carboxylic acid groups (broad SMARTS) is 1. The summed E-state index contributed by atoms with van der Waals surface area (Å²) < 4.78 is 0. The van der Waals surface area contributed by atoms with Crippen LogP contribution in [0.15, 0.2) is 0 Å². The van der Waals surface area contributed by atoms with Gasteiger partial charge in [-0.2, -0.15) is 0 Å². The zero-order chi connectivity index (χ0) is 10.8. The summed E-state index contributed by atoms with van der Waals surface area (Å²) >= 11 is 0. The van der Waals surface area contributed by atoms with E-state index in [1.165, 1.54) is 25.7 Å². The number of likely N-dealkylation sites (tertiary alicyclic amines) is 1. The van der Waals surface area contributed by atoms with Crippen molar-refractivity contribution in [1.82, 2.24) is 4.90 Å². The van der Waals surface area contributed by atoms with E-state index in [1.54, 1.807) is 0 Å². The summed E-state index contributed by atoms with van der Waals surface area (Å²) in [5, 5.41) is 8.99. The number of aliphatic carboxylic acids is 1. The van der Waals surface area contributed by atoms with Crippen molar-refractivity contribution in [3.05, 3.63) is 0 Å². The average molecular weight is 211 g/mol. The standard InChI is InChI=1S/C12H21NO2/c1-9-8-10(12(14)15)6-7-13(9)11-4-2-3-5-11/h9-11H,2-8H2,1H3,(H,14,15). The van der Waals surface area contributed by atoms with Crippen molar-refractivity contribution < 1.29 is 9.90 Å². The molecule has 1 N–H and O–H groups in total. The number of piperidine rings is 1. The number of nitrogens with zero attached hydrogens (tertiary/aromatic N) is 1. The minimum Gasteiger partial charge on any atom is -0.481 e. The predicted octanol–water partition coefficient (Wildman–Crippen LogP) is 2.11. The van der Waals surface area contributed by atoms with Gasteiger partial charge >= 0.3 is 5.97 Å². The maximum absolute atomic E-state index is 10.9. The van der Waals surface area contributed by atoms with Gasteiger partial charge in [0.1, 0.15) is 0 Å². The van der Waals surface area contributed by atoms with Crippen molar-refractivity contribution in [3.63, 3.8) is 0 Å². The first-order valence-corrected chi connectivity index (χ1v) is 6.17. The summed E-state index contributed by atoms with van der Waals surface area (Å²) in [4.78, 5) is 13.5. The second kappa shape index (κ2) is 4.52. The first-order valence-electron chi connectivity index (χ1n) is 6.17. The summed E-state index contributed by atoms with van der Waals surface area (Å²) in [5.41, 5.74) is 0. The van der Waals surface area contributed by atoms with E-state index in [2.05, 4.69) is 11.8 Å². The Morgan fingerprint density at radius 1 is 1.27 bits per heavy atom. The smallest absolute Gasteiger partial charge is 0.306 e. The van der Waals surface area contributed by atoms with E-state index in [9.17, 15) is 4.79 Å². The van der Waals surface area contributed by atoms with E-state index in [0.29, 0.717) is 6.04 Å². The molecule has 2 unspecified atom stereocenters. The van der Waals surface area contributed by atoms with Gasteiger partial charge in [0.15, 0.2) is 0 Å². The van der Waals surface area contributed by atoms with Crippen molar-refractivity contribution in [2.45, 2.75) is 57.5 Å². The minimum absolute atomic E-state index is 0.0994. The molecule has 0 spiro atoms. The molecule has 1 aliphatic heterocycles. The second-order valence-corrected chi connectivity index (χ2v) is 5.08. The van der Waals surface area contributed by atoms with Crippen LogP contribution in [-0.4, -0.2) is 34.6 Å². The molecule has 2 rings (SSSR count). The number of hydrogen-bond acceptors (Lipinski definition) is 2. The summed E-state index contributed by atoms with van der Waals surface area (Å²) in [6.07, 6.45) is 7.04. The van der Waals surface area contributed by atoms with E-state index in [-0.39, 0.29) is 5.92 Å². The second-order valence-electron chi connectivity index (χ2n) is 5.08. The van der Waals surface area contributed by atoms with Crippen molar-refractivity contribution in [3.8, 4) is 0 Å². The Bertz CT molecular complexity index is 236. The van der Waals surface area contributed by atoms with Gasteiger partial charge in [-0.25, -0.2) is 0 Å². The van der Waals surface area contributed by atoms with Crippen molar-refractivity contribution in [1.29, 1.82) is 0 Å². The summed E-state index contributed by atoms with van der Waals surface area (Å²) in [5.74, 6) is -0.703. The number of carboxylic acids is 1. The molecule has 0 aromatic heterocycles. The van der Waals surface area contributed by atoms with Crippen molar-refractivity contribution >= 4 is 5.97 Å². The van der Waals surface area contributed by atoms with Gasteiger partial charge in [-0.3, -0.25) is 9.69 Å². The molecule has 2 aliphatic rings. The molecule has 0 aromatic carbocycles. The van der Waals surface area contributed by atoms with Gasteiger partial charge < -0.3 is 5.11 Å². The highest BCUT2D eigenvalue weighted by Gasteiger charge is 2.34. The molecule has 0 aromatic rings. The Balaban J connectivity index is 1.91. The lowest BCUT2D eigenvalue weighted by Gasteiger charge is -2.40. The zero-order valence-electron chi connectivity index (χ0n) is 9.48. The van der Waals surface area contributed by atoms with Gasteiger partial charge in [0.25, 0.3) is 0 Å². The van der Waals surface area contributed by atoms with Gasteiger partial charge in [-0.05, 0) is 39.2 Å². The lowest BCUT2D eigenvalue weighted by atomic mass is 9.90. The van der Waals surface area contributed by atoms with Crippen LogP contribution in [0.3, 0.4) is 0 Å². The maximum atomic E-state index is 10.9. The highest BCUT2D eigenvalue weighted by Crippen LogP contribution is 2.31. The fourth-order valence-corrected chi connectivity index (χ4v) is 3.19. The molecule has 0 bridgehead atoms. The van der Waals surface area contributed by atoms with Crippen LogP contribution in [-0.2, 0) is 4.79 Å². The molecule has 3 nitrogen and oxygen atoms in total. The van der Waals surface area contributed by atoms with Gasteiger partial charge in [0.05, 0.1) is 5.92 Å². The SMILES string of the molecule is CC1CC(C(=O)O)CCN1C1CCCC1. The van der Waals surface area contributed by atoms with Crippen LogP contribution >= 0.6 is 0 Å². The van der Waals surface area contributed by atoms with Crippen LogP contribution in [0.2, 0.25) is 0 Å². The van der Waals surface area contributed by atoms with E-state index in [0.717, 1.165) is 25.4 Å². The maximum Gasteiger partial charge on any atom is 0.306 e. The zero-order valence-corrected chi connectivity index (χ0v) is 9.48. The van der Waals surface area contributed by atoms with Gasteiger partial charge in [0.2, 0.25) is 0 Å². The molecule has 1 saturated heterocycles. The van der Waals surface area contributed by atoms with Crippen LogP contribution in [0.5, 0.6) is 0 Å². The third-order valence-corrected chi connectivity index (χ3v) is 4.07. The topological polar surface area (TPSA) is 40.5 Å². The molecule has 86 valence electrons. The Morgan fingerprint density at radius 2 is 1.93 bits per heavy atom. The Hall–Kier alpha value is -0.570. The molecule has 1 aliphatic carbocycles. The molecule has 0 amide bonds. The van der Waals surface area contributed by atoms with Crippen LogP contribution in [0.4, 0.5) is 0 Å². The molecular formula is C12H21NO2. The largest absolute Gasteiger partial charge is 0.481 e. The number of rotatable bonds is 2. The highest BCUT2D eigenvalue weighted by molar-refractivity contribution is 5.70. The monoisotopic (exact) mass is 211 g/mol. The molecule has 3 heteroatoms. The van der Waals surface area contributed by atoms with Gasteiger partial charge in [-0.1, -0.05) is 12.8 Å². The highest BCUT2D eigenvalue weighted by atomic mass is 16.4. The first kappa shape index (κ1) is 10.9. The van der Waals surface area contributed by atoms with Crippen molar-refractivity contribution in [2.24, 2.45) is 5.92 Å². The van der Waals surface area contributed by atoms with Crippen LogP contribution in [0.25, 0.3) is 0 Å². The summed E-state index contributed by atoms with van der Waals surface area (Å²) in [7, 11) is 0. The number of hydrogen-bond donors (Lipinski definition) is 1. The predicted molar refractivity (Wildman–Crippen MR) is 58.8 cm³/mol. The molecular weight excluding hydrogens is 190 g/mol. The third-order valence-electron chi connectivity index (χ3n) is 4.07. The van der Waals surface area contributed by atoms with Crippen LogP contribution < -0.4 is 0 Å². The molecule has 1 heterocycles. The lowest BCUT2D eigenvalue weighted by Crippen LogP contribution is -2.47. The Kier molecular flexibility index (Phi) is 3.29. The quantitative estimate of drug-likeness (QED) is 0.760. The van der Waals surface area contributed by atoms with E-state index < -0.39 is 5.97 Å². The fourth-order valence-electron chi connectivity index (χ4n) is 3.19. The minimum atomic E-state index is -0.604. The Morgan fingerprint density at radius 3 is 2.47 bits per heavy atom. The van der Waals surface area contributed by atoms with Gasteiger partial charge in [0, 0.05) is 12.1 Å². The molecule has 1 saturated carbocycles. The Labute approximate surface area is 91.5 Å². The van der Waals surface area contributed by atoms with E-state index in [1.807, 2.05) is 0 Å². The van der Waals surface area contributed by atoms with Crippen LogP contribution in [0, 0.1) is 5.92 Å². The average Bonchev–Trinajstić information content (AvgIpc) is 2.70. The number of carbonyl (C=O) groups is 1. The third kappa shape index (κ3) is 2.33. The molecule has 0 radical (unpaired) electrons. The van der Waals surface area contributed by atoms with E-state index in [4.69, 9.17) is 5.11 Å². The van der Waals surface area contributed by atoms with E-state index >= 15 is 0 Å². The molecule has 15 heavy (non-hydrogen) atoms. The molecule has 2 fully saturated rings. The molecule has 2 atom stereocenters. The lowest BCUT2D eigenvalue weighted by molar-refractivity contribution is -0.144. The first-order chi connectivity index (χ1) is 7.18. The van der Waals surface area contributed by atoms with Crippen LogP contribution in [0.1, 0.15) is 45.4 Å². The van der Waals surface area contributed by atoms with Gasteiger partial charge in [-0.15, -0.1) is 0 Å².